The van der Waals surface area contributed by atoms with Crippen LogP contribution in [0.2, 0.25) is 0 Å². The van der Waals surface area contributed by atoms with Crippen molar-refractivity contribution in [2.24, 2.45) is 4.99 Å². The highest BCUT2D eigenvalue weighted by atomic mass is 32.2. The van der Waals surface area contributed by atoms with Crippen molar-refractivity contribution in [3.63, 3.8) is 0 Å². The first kappa shape index (κ1) is 21.6. The molecule has 0 saturated heterocycles. The zero-order valence-corrected chi connectivity index (χ0v) is 18.8. The van der Waals surface area contributed by atoms with Gasteiger partial charge in [0.2, 0.25) is 0 Å². The van der Waals surface area contributed by atoms with Crippen molar-refractivity contribution >= 4 is 33.7 Å². The molecule has 0 saturated carbocycles. The number of hydrogen-bond donors (Lipinski definition) is 2. The average Bonchev–Trinajstić information content (AvgIpc) is 2.74. The van der Waals surface area contributed by atoms with Crippen LogP contribution in [0.15, 0.2) is 76.6 Å². The van der Waals surface area contributed by atoms with Gasteiger partial charge < -0.3 is 9.84 Å². The fraction of sp³-hybridized carbons (Fsp3) is 0.160. The Labute approximate surface area is 188 Å². The molecular formula is C25H24N2O4S. The van der Waals surface area contributed by atoms with Crippen molar-refractivity contribution in [1.82, 2.24) is 0 Å². The number of aliphatic imine (C=N–C) groups is 1. The van der Waals surface area contributed by atoms with E-state index in [0.717, 1.165) is 5.56 Å². The van der Waals surface area contributed by atoms with Gasteiger partial charge in [0.05, 0.1) is 16.1 Å². The Morgan fingerprint density at radius 1 is 1.00 bits per heavy atom. The van der Waals surface area contributed by atoms with Gasteiger partial charge in [0.25, 0.3) is 10.0 Å². The number of anilines is 1. The van der Waals surface area contributed by atoms with Crippen molar-refractivity contribution in [1.29, 1.82) is 0 Å². The third-order valence-electron chi connectivity index (χ3n) is 5.04. The monoisotopic (exact) mass is 448 g/mol. The first-order valence-corrected chi connectivity index (χ1v) is 11.6. The van der Waals surface area contributed by atoms with Crippen molar-refractivity contribution in [2.75, 3.05) is 4.72 Å². The van der Waals surface area contributed by atoms with Crippen LogP contribution in [0.5, 0.6) is 11.5 Å². The fourth-order valence-electron chi connectivity index (χ4n) is 3.25. The van der Waals surface area contributed by atoms with Crippen LogP contribution in [-0.2, 0) is 10.0 Å². The smallest absolute Gasteiger partial charge is 0.261 e. The van der Waals surface area contributed by atoms with Gasteiger partial charge in [-0.25, -0.2) is 8.42 Å². The SMILES string of the molecule is Cc1ccc(S(=O)(=O)Nc2ccc(/N=C/c3ccc4c(c3O)C=CC(C)(C)O4)cc2)cc1. The predicted octanol–water partition coefficient (Wildman–Crippen LogP) is 5.44. The van der Waals surface area contributed by atoms with E-state index in [1.165, 1.54) is 0 Å². The molecule has 0 amide bonds. The molecule has 1 heterocycles. The largest absolute Gasteiger partial charge is 0.506 e. The molecule has 0 aromatic heterocycles. The minimum atomic E-state index is -3.66. The molecule has 6 nitrogen and oxygen atoms in total. The lowest BCUT2D eigenvalue weighted by Crippen LogP contribution is -2.27. The van der Waals surface area contributed by atoms with Crippen molar-refractivity contribution in [3.8, 4) is 11.5 Å². The lowest BCUT2D eigenvalue weighted by atomic mass is 10.00. The van der Waals surface area contributed by atoms with E-state index in [1.807, 2.05) is 39.0 Å². The van der Waals surface area contributed by atoms with E-state index in [4.69, 9.17) is 4.74 Å². The summed E-state index contributed by atoms with van der Waals surface area (Å²) in [5.74, 6) is 0.720. The van der Waals surface area contributed by atoms with Gasteiger partial charge >= 0.3 is 0 Å². The van der Waals surface area contributed by atoms with Gasteiger partial charge in [-0.15, -0.1) is 0 Å². The number of benzene rings is 3. The molecule has 0 aliphatic carbocycles. The number of hydrogen-bond acceptors (Lipinski definition) is 5. The topological polar surface area (TPSA) is 88.0 Å². The molecule has 0 atom stereocenters. The zero-order chi connectivity index (χ0) is 22.9. The Morgan fingerprint density at radius 2 is 1.69 bits per heavy atom. The van der Waals surface area contributed by atoms with E-state index in [2.05, 4.69) is 9.71 Å². The third-order valence-corrected chi connectivity index (χ3v) is 6.43. The molecule has 0 spiro atoms. The Balaban J connectivity index is 1.49. The lowest BCUT2D eigenvalue weighted by Gasteiger charge is -2.28. The minimum Gasteiger partial charge on any atom is -0.506 e. The number of nitrogens with one attached hydrogen (secondary N) is 1. The first-order chi connectivity index (χ1) is 15.1. The van der Waals surface area contributed by atoms with Gasteiger partial charge in [-0.05, 0) is 81.5 Å². The summed E-state index contributed by atoms with van der Waals surface area (Å²) in [7, 11) is -3.66. The summed E-state index contributed by atoms with van der Waals surface area (Å²) >= 11 is 0. The van der Waals surface area contributed by atoms with E-state index >= 15 is 0 Å². The van der Waals surface area contributed by atoms with E-state index in [1.54, 1.807) is 60.8 Å². The summed E-state index contributed by atoms with van der Waals surface area (Å²) in [4.78, 5) is 4.60. The van der Waals surface area contributed by atoms with Crippen molar-refractivity contribution in [3.05, 3.63) is 83.4 Å². The number of nitrogens with zero attached hydrogens (tertiary/aromatic N) is 1. The number of ether oxygens (including phenoxy) is 1. The number of rotatable bonds is 5. The zero-order valence-electron chi connectivity index (χ0n) is 18.0. The minimum absolute atomic E-state index is 0.0977. The van der Waals surface area contributed by atoms with Gasteiger partial charge in [-0.1, -0.05) is 17.7 Å². The van der Waals surface area contributed by atoms with Gasteiger partial charge in [0, 0.05) is 17.5 Å². The molecule has 0 radical (unpaired) electrons. The molecule has 0 fully saturated rings. The Kier molecular flexibility index (Phi) is 5.52. The summed E-state index contributed by atoms with van der Waals surface area (Å²) in [6.07, 6.45) is 5.31. The average molecular weight is 449 g/mol. The van der Waals surface area contributed by atoms with Crippen molar-refractivity contribution in [2.45, 2.75) is 31.3 Å². The maximum absolute atomic E-state index is 12.5. The second-order valence-electron chi connectivity index (χ2n) is 8.18. The Hall–Kier alpha value is -3.58. The second kappa shape index (κ2) is 8.16. The van der Waals surface area contributed by atoms with Gasteiger partial charge in [-0.3, -0.25) is 9.71 Å². The maximum Gasteiger partial charge on any atom is 0.261 e. The predicted molar refractivity (Wildman–Crippen MR) is 128 cm³/mol. The Bertz CT molecular complexity index is 1310. The summed E-state index contributed by atoms with van der Waals surface area (Å²) in [5.41, 5.74) is 2.80. The van der Waals surface area contributed by atoms with Gasteiger partial charge in [0.1, 0.15) is 17.1 Å². The van der Waals surface area contributed by atoms with E-state index in [0.29, 0.717) is 28.3 Å². The van der Waals surface area contributed by atoms with E-state index in [-0.39, 0.29) is 10.6 Å². The Morgan fingerprint density at radius 3 is 2.38 bits per heavy atom. The molecule has 1 aliphatic rings. The number of aryl methyl sites for hydroxylation is 1. The highest BCUT2D eigenvalue weighted by molar-refractivity contribution is 7.92. The molecule has 4 rings (SSSR count). The highest BCUT2D eigenvalue weighted by Gasteiger charge is 2.24. The summed E-state index contributed by atoms with van der Waals surface area (Å²) in [5, 5.41) is 10.6. The number of fused-ring (bicyclic) bond motifs is 1. The van der Waals surface area contributed by atoms with E-state index < -0.39 is 15.6 Å². The molecule has 3 aromatic rings. The number of sulfonamides is 1. The van der Waals surface area contributed by atoms with Crippen LogP contribution in [-0.4, -0.2) is 25.3 Å². The first-order valence-electron chi connectivity index (χ1n) is 10.1. The van der Waals surface area contributed by atoms with Crippen LogP contribution >= 0.6 is 0 Å². The quantitative estimate of drug-likeness (QED) is 0.509. The molecule has 164 valence electrons. The molecular weight excluding hydrogens is 424 g/mol. The highest BCUT2D eigenvalue weighted by Crippen LogP contribution is 2.38. The number of aromatic hydroxyl groups is 1. The van der Waals surface area contributed by atoms with Gasteiger partial charge in [-0.2, -0.15) is 0 Å². The number of phenolic OH excluding ortho intramolecular Hbond substituents is 1. The van der Waals surface area contributed by atoms with Crippen LogP contribution in [0.1, 0.15) is 30.5 Å². The van der Waals surface area contributed by atoms with E-state index in [9.17, 15) is 13.5 Å². The molecule has 32 heavy (non-hydrogen) atoms. The summed E-state index contributed by atoms with van der Waals surface area (Å²) in [6, 6.07) is 16.9. The molecule has 2 N–H and O–H groups in total. The molecule has 0 bridgehead atoms. The maximum atomic E-state index is 12.5. The van der Waals surface area contributed by atoms with Crippen LogP contribution in [0, 0.1) is 6.92 Å². The normalized spacial score (nSPS) is 14.7. The van der Waals surface area contributed by atoms with Crippen LogP contribution in [0.3, 0.4) is 0 Å². The molecule has 0 unspecified atom stereocenters. The van der Waals surface area contributed by atoms with Crippen molar-refractivity contribution < 1.29 is 18.3 Å². The fourth-order valence-corrected chi connectivity index (χ4v) is 4.31. The molecule has 7 heteroatoms. The molecule has 1 aliphatic heterocycles. The standard InChI is InChI=1S/C25H24N2O4S/c1-17-4-11-21(12-5-17)32(29,30)27-20-9-7-19(8-10-20)26-16-18-6-13-23-22(24(18)28)14-15-25(2,3)31-23/h4-16,27-28H,1-3H3/b26-16+. The van der Waals surface area contributed by atoms with Gasteiger partial charge in [0.15, 0.2) is 0 Å². The second-order valence-corrected chi connectivity index (χ2v) is 9.86. The summed E-state index contributed by atoms with van der Waals surface area (Å²) < 4.78 is 33.5. The number of phenols is 1. The lowest BCUT2D eigenvalue weighted by molar-refractivity contribution is 0.158. The summed E-state index contributed by atoms with van der Waals surface area (Å²) in [6.45, 7) is 5.80. The van der Waals surface area contributed by atoms with Crippen LogP contribution in [0.4, 0.5) is 11.4 Å². The van der Waals surface area contributed by atoms with Crippen LogP contribution in [0.25, 0.3) is 6.08 Å². The molecule has 3 aromatic carbocycles. The third kappa shape index (κ3) is 4.68. The van der Waals surface area contributed by atoms with Crippen LogP contribution < -0.4 is 9.46 Å².